The number of ether oxygens (including phenoxy) is 2. The lowest BCUT2D eigenvalue weighted by molar-refractivity contribution is -0.141. The smallest absolute Gasteiger partial charge is 0.435 e. The molecule has 0 aliphatic carbocycles. The van der Waals surface area contributed by atoms with E-state index in [0.717, 1.165) is 35.4 Å². The summed E-state index contributed by atoms with van der Waals surface area (Å²) < 4.78 is 66.5. The summed E-state index contributed by atoms with van der Waals surface area (Å²) in [6.07, 6.45) is -1.39. The maximum atomic E-state index is 13.9. The fourth-order valence-corrected chi connectivity index (χ4v) is 3.11. The third kappa shape index (κ3) is 5.79. The molecule has 0 saturated heterocycles. The minimum Gasteiger partial charge on any atom is -0.497 e. The topological polar surface area (TPSA) is 53.3 Å². The van der Waals surface area contributed by atoms with Crippen LogP contribution in [0.2, 0.25) is 0 Å². The van der Waals surface area contributed by atoms with Crippen molar-refractivity contribution in [1.29, 1.82) is 0 Å². The van der Waals surface area contributed by atoms with E-state index in [1.807, 2.05) is 6.92 Å². The standard InChI is InChI=1S/C24H22F4N2O3/c1-3-4-15-33-21(31)14-13-20-22(16-5-7-17(25)8-6-16)30(29-23(20)24(26,27)28)18-9-11-19(32-2)12-10-18/h5-14H,3-4,15H2,1-2H3/b14-13+. The number of rotatable bonds is 8. The molecule has 0 bridgehead atoms. The van der Waals surface area contributed by atoms with Gasteiger partial charge in [0, 0.05) is 17.2 Å². The number of aromatic nitrogens is 2. The predicted molar refractivity (Wildman–Crippen MR) is 115 cm³/mol. The Balaban J connectivity index is 2.18. The van der Waals surface area contributed by atoms with E-state index < -0.39 is 23.7 Å². The van der Waals surface area contributed by atoms with Crippen molar-refractivity contribution >= 4 is 12.0 Å². The summed E-state index contributed by atoms with van der Waals surface area (Å²) in [5.41, 5.74) is -0.863. The fraction of sp³-hybridized carbons (Fsp3) is 0.250. The molecule has 0 aliphatic heterocycles. The van der Waals surface area contributed by atoms with Gasteiger partial charge in [0.15, 0.2) is 5.69 Å². The second kappa shape index (κ2) is 10.3. The minimum atomic E-state index is -4.81. The molecule has 0 radical (unpaired) electrons. The van der Waals surface area contributed by atoms with Gasteiger partial charge >= 0.3 is 12.1 Å². The van der Waals surface area contributed by atoms with Crippen molar-refractivity contribution in [3.63, 3.8) is 0 Å². The van der Waals surface area contributed by atoms with Gasteiger partial charge in [-0.15, -0.1) is 0 Å². The summed E-state index contributed by atoms with van der Waals surface area (Å²) in [4.78, 5) is 12.0. The number of unbranched alkanes of at least 4 members (excludes halogenated alkanes) is 1. The number of benzene rings is 2. The first-order chi connectivity index (χ1) is 15.7. The highest BCUT2D eigenvalue weighted by Gasteiger charge is 2.39. The van der Waals surface area contributed by atoms with Gasteiger partial charge in [0.25, 0.3) is 0 Å². The van der Waals surface area contributed by atoms with E-state index in [1.54, 1.807) is 24.3 Å². The molecule has 3 aromatic rings. The lowest BCUT2D eigenvalue weighted by Crippen LogP contribution is -2.09. The Morgan fingerprint density at radius 2 is 1.76 bits per heavy atom. The summed E-state index contributed by atoms with van der Waals surface area (Å²) >= 11 is 0. The maximum absolute atomic E-state index is 13.9. The number of nitrogens with zero attached hydrogens (tertiary/aromatic N) is 2. The van der Waals surface area contributed by atoms with E-state index in [-0.39, 0.29) is 23.4 Å². The normalized spacial score (nSPS) is 11.7. The Morgan fingerprint density at radius 1 is 1.09 bits per heavy atom. The Kier molecular flexibility index (Phi) is 7.52. The van der Waals surface area contributed by atoms with Crippen LogP contribution >= 0.6 is 0 Å². The van der Waals surface area contributed by atoms with E-state index in [9.17, 15) is 22.4 Å². The Labute approximate surface area is 188 Å². The number of esters is 1. The number of carbonyl (C=O) groups excluding carboxylic acids is 1. The monoisotopic (exact) mass is 462 g/mol. The highest BCUT2D eigenvalue weighted by Crippen LogP contribution is 2.38. The molecule has 0 atom stereocenters. The van der Waals surface area contributed by atoms with Crippen molar-refractivity contribution in [2.75, 3.05) is 13.7 Å². The van der Waals surface area contributed by atoms with E-state index in [4.69, 9.17) is 9.47 Å². The highest BCUT2D eigenvalue weighted by molar-refractivity contribution is 5.89. The lowest BCUT2D eigenvalue weighted by atomic mass is 10.0. The van der Waals surface area contributed by atoms with Crippen LogP contribution in [0, 0.1) is 5.82 Å². The number of halogens is 4. The third-order valence-corrected chi connectivity index (χ3v) is 4.75. The van der Waals surface area contributed by atoms with Crippen LogP contribution in [0.4, 0.5) is 17.6 Å². The minimum absolute atomic E-state index is 0.0464. The van der Waals surface area contributed by atoms with Crippen LogP contribution in [0.1, 0.15) is 31.0 Å². The molecular weight excluding hydrogens is 440 g/mol. The number of alkyl halides is 3. The molecule has 1 heterocycles. The Morgan fingerprint density at radius 3 is 2.33 bits per heavy atom. The molecule has 174 valence electrons. The third-order valence-electron chi connectivity index (χ3n) is 4.75. The summed E-state index contributed by atoms with van der Waals surface area (Å²) in [6.45, 7) is 2.09. The molecule has 0 spiro atoms. The SMILES string of the molecule is CCCCOC(=O)/C=C/c1c(C(F)(F)F)nn(-c2ccc(OC)cc2)c1-c1ccc(F)cc1. The molecular formula is C24H22F4N2O3. The van der Waals surface area contributed by atoms with Crippen LogP contribution in [-0.2, 0) is 15.7 Å². The first-order valence-corrected chi connectivity index (χ1v) is 10.2. The quantitative estimate of drug-likeness (QED) is 0.177. The molecule has 0 saturated carbocycles. The van der Waals surface area contributed by atoms with E-state index in [1.165, 1.54) is 19.2 Å². The molecule has 0 amide bonds. The molecule has 1 aromatic heterocycles. The average molecular weight is 462 g/mol. The second-order valence-corrected chi connectivity index (χ2v) is 7.08. The van der Waals surface area contributed by atoms with Crippen LogP contribution in [0.3, 0.4) is 0 Å². The summed E-state index contributed by atoms with van der Waals surface area (Å²) in [5.74, 6) is -0.791. The van der Waals surface area contributed by atoms with Crippen molar-refractivity contribution in [2.45, 2.75) is 25.9 Å². The zero-order chi connectivity index (χ0) is 24.0. The van der Waals surface area contributed by atoms with Crippen LogP contribution in [0.25, 0.3) is 23.0 Å². The molecule has 0 aliphatic rings. The molecule has 33 heavy (non-hydrogen) atoms. The number of carbonyl (C=O) groups is 1. The van der Waals surface area contributed by atoms with E-state index in [0.29, 0.717) is 17.9 Å². The fourth-order valence-electron chi connectivity index (χ4n) is 3.11. The van der Waals surface area contributed by atoms with Gasteiger partial charge < -0.3 is 9.47 Å². The Hall–Kier alpha value is -3.62. The van der Waals surface area contributed by atoms with Crippen LogP contribution in [0.15, 0.2) is 54.6 Å². The van der Waals surface area contributed by atoms with Crippen LogP contribution < -0.4 is 4.74 Å². The van der Waals surface area contributed by atoms with Crippen molar-refractivity contribution in [1.82, 2.24) is 9.78 Å². The molecule has 9 heteroatoms. The lowest BCUT2D eigenvalue weighted by Gasteiger charge is -2.10. The molecule has 0 unspecified atom stereocenters. The van der Waals surface area contributed by atoms with Gasteiger partial charge in [-0.2, -0.15) is 18.3 Å². The van der Waals surface area contributed by atoms with Crippen molar-refractivity contribution in [3.8, 4) is 22.7 Å². The zero-order valence-electron chi connectivity index (χ0n) is 18.0. The number of hydrogen-bond donors (Lipinski definition) is 0. The van der Waals surface area contributed by atoms with Crippen LogP contribution in [-0.4, -0.2) is 29.5 Å². The van der Waals surface area contributed by atoms with Gasteiger partial charge in [-0.3, -0.25) is 0 Å². The summed E-state index contributed by atoms with van der Waals surface area (Å²) in [7, 11) is 1.47. The van der Waals surface area contributed by atoms with Gasteiger partial charge in [-0.05, 0) is 61.0 Å². The van der Waals surface area contributed by atoms with Crippen molar-refractivity contribution < 1.29 is 31.8 Å². The largest absolute Gasteiger partial charge is 0.497 e. The zero-order valence-corrected chi connectivity index (χ0v) is 18.0. The molecule has 3 rings (SSSR count). The van der Waals surface area contributed by atoms with Crippen LogP contribution in [0.5, 0.6) is 5.75 Å². The summed E-state index contributed by atoms with van der Waals surface area (Å²) in [5, 5.41) is 3.81. The average Bonchev–Trinajstić information content (AvgIpc) is 3.18. The van der Waals surface area contributed by atoms with Crippen molar-refractivity contribution in [3.05, 3.63) is 71.7 Å². The first kappa shape index (κ1) is 24.0. The van der Waals surface area contributed by atoms with Gasteiger partial charge in [0.2, 0.25) is 0 Å². The molecule has 0 fully saturated rings. The van der Waals surface area contributed by atoms with E-state index in [2.05, 4.69) is 5.10 Å². The number of methoxy groups -OCH3 is 1. The summed E-state index contributed by atoms with van der Waals surface area (Å²) in [6, 6.07) is 11.2. The number of hydrogen-bond acceptors (Lipinski definition) is 4. The predicted octanol–water partition coefficient (Wildman–Crippen LogP) is 6.06. The van der Waals surface area contributed by atoms with E-state index >= 15 is 0 Å². The second-order valence-electron chi connectivity index (χ2n) is 7.08. The van der Waals surface area contributed by atoms with Gasteiger partial charge in [0.05, 0.1) is 25.1 Å². The Bertz CT molecular complexity index is 1120. The van der Waals surface area contributed by atoms with Crippen molar-refractivity contribution in [2.24, 2.45) is 0 Å². The highest BCUT2D eigenvalue weighted by atomic mass is 19.4. The maximum Gasteiger partial charge on any atom is 0.435 e. The van der Waals surface area contributed by atoms with Gasteiger partial charge in [-0.25, -0.2) is 13.9 Å². The van der Waals surface area contributed by atoms with Gasteiger partial charge in [-0.1, -0.05) is 13.3 Å². The molecule has 5 nitrogen and oxygen atoms in total. The first-order valence-electron chi connectivity index (χ1n) is 10.2. The molecule has 0 N–H and O–H groups in total. The van der Waals surface area contributed by atoms with Gasteiger partial charge in [0.1, 0.15) is 11.6 Å². The molecule has 2 aromatic carbocycles.